The quantitative estimate of drug-likeness (QED) is 0.890. The second kappa shape index (κ2) is 5.50. The van der Waals surface area contributed by atoms with Gasteiger partial charge in [-0.15, -0.1) is 0 Å². The second-order valence-electron chi connectivity index (χ2n) is 6.46. The summed E-state index contributed by atoms with van der Waals surface area (Å²) in [6.07, 6.45) is 0.493. The molecule has 116 valence electrons. The van der Waals surface area contributed by atoms with Gasteiger partial charge in [0.1, 0.15) is 5.69 Å². The Hall–Kier alpha value is -1.85. The fourth-order valence-electron chi connectivity index (χ4n) is 2.80. The van der Waals surface area contributed by atoms with Crippen LogP contribution in [0.1, 0.15) is 56.2 Å². The molecule has 0 spiro atoms. The summed E-state index contributed by atoms with van der Waals surface area (Å²) in [7, 11) is 0. The number of nitrogens with one attached hydrogen (secondary N) is 1. The number of likely N-dealkylation sites (tertiary alicyclic amines) is 1. The molecule has 1 saturated heterocycles. The predicted molar refractivity (Wildman–Crippen MR) is 78.1 cm³/mol. The molecule has 1 unspecified atom stereocenters. The smallest absolute Gasteiger partial charge is 0.311 e. The average molecular weight is 293 g/mol. The zero-order valence-corrected chi connectivity index (χ0v) is 13.0. The number of nitrogens with zero attached hydrogens (tertiary/aromatic N) is 2. The minimum Gasteiger partial charge on any atom is -0.481 e. The van der Waals surface area contributed by atoms with Crippen LogP contribution in [0.2, 0.25) is 0 Å². The average Bonchev–Trinajstić information content (AvgIpc) is 3.06. The van der Waals surface area contributed by atoms with E-state index in [1.165, 1.54) is 0 Å². The first-order chi connectivity index (χ1) is 9.78. The molecule has 6 heteroatoms. The van der Waals surface area contributed by atoms with Gasteiger partial charge in [0, 0.05) is 18.8 Å². The number of carbonyl (C=O) groups is 2. The van der Waals surface area contributed by atoms with Gasteiger partial charge in [-0.1, -0.05) is 27.7 Å². The molecule has 21 heavy (non-hydrogen) atoms. The lowest BCUT2D eigenvalue weighted by molar-refractivity contribution is -0.150. The molecule has 0 bridgehead atoms. The van der Waals surface area contributed by atoms with Gasteiger partial charge in [0.05, 0.1) is 5.41 Å². The van der Waals surface area contributed by atoms with E-state index >= 15 is 0 Å². The zero-order chi connectivity index (χ0) is 15.8. The number of carboxylic acids is 1. The number of hydrogen-bond acceptors (Lipinski definition) is 3. The summed E-state index contributed by atoms with van der Waals surface area (Å²) in [5.41, 5.74) is 0.432. The Morgan fingerprint density at radius 2 is 2.05 bits per heavy atom. The molecular weight excluding hydrogens is 270 g/mol. The highest BCUT2D eigenvalue weighted by atomic mass is 16.4. The molecule has 2 rings (SSSR count). The van der Waals surface area contributed by atoms with Crippen molar-refractivity contribution in [3.63, 3.8) is 0 Å². The third-order valence-corrected chi connectivity index (χ3v) is 4.56. The molecule has 0 aliphatic carbocycles. The highest BCUT2D eigenvalue weighted by molar-refractivity contribution is 5.93. The number of aromatic nitrogens is 2. The summed E-state index contributed by atoms with van der Waals surface area (Å²) < 4.78 is 0. The largest absolute Gasteiger partial charge is 0.481 e. The third kappa shape index (κ3) is 2.66. The van der Waals surface area contributed by atoms with Gasteiger partial charge in [0.25, 0.3) is 5.91 Å². The van der Waals surface area contributed by atoms with Crippen LogP contribution >= 0.6 is 0 Å². The van der Waals surface area contributed by atoms with Crippen molar-refractivity contribution in [2.75, 3.05) is 13.1 Å². The van der Waals surface area contributed by atoms with Gasteiger partial charge in [-0.2, -0.15) is 5.10 Å². The van der Waals surface area contributed by atoms with Crippen molar-refractivity contribution in [3.8, 4) is 0 Å². The molecule has 1 aromatic heterocycles. The molecule has 0 radical (unpaired) electrons. The highest BCUT2D eigenvalue weighted by Crippen LogP contribution is 2.38. The van der Waals surface area contributed by atoms with Crippen molar-refractivity contribution in [1.82, 2.24) is 15.1 Å². The van der Waals surface area contributed by atoms with Crippen molar-refractivity contribution in [2.45, 2.75) is 40.0 Å². The molecule has 1 aliphatic rings. The van der Waals surface area contributed by atoms with Gasteiger partial charge in [0.15, 0.2) is 0 Å². The zero-order valence-electron chi connectivity index (χ0n) is 13.0. The molecule has 1 aromatic rings. The van der Waals surface area contributed by atoms with Gasteiger partial charge < -0.3 is 10.0 Å². The van der Waals surface area contributed by atoms with Crippen molar-refractivity contribution in [2.24, 2.45) is 11.3 Å². The third-order valence-electron chi connectivity index (χ3n) is 4.56. The maximum absolute atomic E-state index is 12.5. The number of carbonyl (C=O) groups excluding carboxylic acids is 1. The Morgan fingerprint density at radius 1 is 1.38 bits per heavy atom. The fraction of sp³-hybridized carbons (Fsp3) is 0.667. The van der Waals surface area contributed by atoms with E-state index in [-0.39, 0.29) is 24.3 Å². The maximum atomic E-state index is 12.5. The first kappa shape index (κ1) is 15.5. The molecule has 1 amide bonds. The Morgan fingerprint density at radius 3 is 2.48 bits per heavy atom. The molecule has 2 N–H and O–H groups in total. The lowest BCUT2D eigenvalue weighted by Gasteiger charge is -2.28. The van der Waals surface area contributed by atoms with Crippen molar-refractivity contribution < 1.29 is 14.7 Å². The first-order valence-corrected chi connectivity index (χ1v) is 7.36. The second-order valence-corrected chi connectivity index (χ2v) is 6.46. The minimum atomic E-state index is -0.840. The van der Waals surface area contributed by atoms with Gasteiger partial charge in [-0.05, 0) is 24.3 Å². The number of carboxylic acid groups (broad SMARTS) is 1. The summed E-state index contributed by atoms with van der Waals surface area (Å²) in [6, 6.07) is 1.75. The van der Waals surface area contributed by atoms with Crippen LogP contribution < -0.4 is 0 Å². The number of amides is 1. The van der Waals surface area contributed by atoms with Crippen LogP contribution in [0, 0.1) is 11.3 Å². The molecule has 0 saturated carbocycles. The Kier molecular flexibility index (Phi) is 4.07. The number of aliphatic carboxylic acids is 1. The standard InChI is InChI=1S/C15H23N3O3/c1-9(2)11-7-12(17-16-11)13(19)18-6-5-15(8-18,10(3)4)14(20)21/h7,9-10H,5-6,8H2,1-4H3,(H,16,17)(H,20,21). The van der Waals surface area contributed by atoms with Crippen LogP contribution in [0.4, 0.5) is 0 Å². The Balaban J connectivity index is 2.16. The van der Waals surface area contributed by atoms with E-state index in [1.807, 2.05) is 27.7 Å². The van der Waals surface area contributed by atoms with Crippen molar-refractivity contribution in [3.05, 3.63) is 17.5 Å². The van der Waals surface area contributed by atoms with Crippen LogP contribution in [0.5, 0.6) is 0 Å². The van der Waals surface area contributed by atoms with E-state index in [0.717, 1.165) is 5.69 Å². The van der Waals surface area contributed by atoms with Crippen LogP contribution in [-0.2, 0) is 4.79 Å². The van der Waals surface area contributed by atoms with Crippen LogP contribution in [0.3, 0.4) is 0 Å². The van der Waals surface area contributed by atoms with Crippen LogP contribution in [-0.4, -0.2) is 45.2 Å². The Labute approximate surface area is 124 Å². The normalized spacial score (nSPS) is 22.3. The monoisotopic (exact) mass is 293 g/mol. The lowest BCUT2D eigenvalue weighted by atomic mass is 9.76. The van der Waals surface area contributed by atoms with Gasteiger partial charge >= 0.3 is 5.97 Å². The minimum absolute atomic E-state index is 0.0155. The van der Waals surface area contributed by atoms with E-state index in [2.05, 4.69) is 10.2 Å². The Bertz CT molecular complexity index is 550. The highest BCUT2D eigenvalue weighted by Gasteiger charge is 2.48. The lowest BCUT2D eigenvalue weighted by Crippen LogP contribution is -2.40. The van der Waals surface area contributed by atoms with Gasteiger partial charge in [0.2, 0.25) is 0 Å². The van der Waals surface area contributed by atoms with E-state index in [4.69, 9.17) is 0 Å². The topological polar surface area (TPSA) is 86.3 Å². The number of rotatable bonds is 4. The van der Waals surface area contributed by atoms with Crippen molar-refractivity contribution in [1.29, 1.82) is 0 Å². The molecule has 2 heterocycles. The van der Waals surface area contributed by atoms with E-state index in [0.29, 0.717) is 18.7 Å². The molecule has 1 aliphatic heterocycles. The van der Waals surface area contributed by atoms with Crippen LogP contribution in [0.25, 0.3) is 0 Å². The van der Waals surface area contributed by atoms with Gasteiger partial charge in [-0.3, -0.25) is 14.7 Å². The van der Waals surface area contributed by atoms with Crippen LogP contribution in [0.15, 0.2) is 6.07 Å². The molecular formula is C15H23N3O3. The fourth-order valence-corrected chi connectivity index (χ4v) is 2.80. The summed E-state index contributed by atoms with van der Waals surface area (Å²) in [6.45, 7) is 8.55. The summed E-state index contributed by atoms with van der Waals surface area (Å²) in [5.74, 6) is -0.760. The number of aromatic amines is 1. The maximum Gasteiger partial charge on any atom is 0.311 e. The molecule has 6 nitrogen and oxygen atoms in total. The summed E-state index contributed by atoms with van der Waals surface area (Å²) in [5, 5.41) is 16.4. The van der Waals surface area contributed by atoms with E-state index in [1.54, 1.807) is 11.0 Å². The SMILES string of the molecule is CC(C)c1cc(C(=O)N2CCC(C(=O)O)(C(C)C)C2)n[nH]1. The number of hydrogen-bond donors (Lipinski definition) is 2. The van der Waals surface area contributed by atoms with Crippen molar-refractivity contribution >= 4 is 11.9 Å². The summed E-state index contributed by atoms with van der Waals surface area (Å²) in [4.78, 5) is 25.7. The number of H-pyrrole nitrogens is 1. The molecule has 0 aromatic carbocycles. The summed E-state index contributed by atoms with van der Waals surface area (Å²) >= 11 is 0. The van der Waals surface area contributed by atoms with E-state index in [9.17, 15) is 14.7 Å². The molecule has 1 atom stereocenters. The predicted octanol–water partition coefficient (Wildman–Crippen LogP) is 2.11. The van der Waals surface area contributed by atoms with Gasteiger partial charge in [-0.25, -0.2) is 0 Å². The van der Waals surface area contributed by atoms with E-state index < -0.39 is 11.4 Å². The first-order valence-electron chi connectivity index (χ1n) is 7.36. The molecule has 1 fully saturated rings.